The van der Waals surface area contributed by atoms with Crippen molar-refractivity contribution in [1.82, 2.24) is 9.78 Å². The molecule has 5 heteroatoms. The maximum absolute atomic E-state index is 9.77. The van der Waals surface area contributed by atoms with Crippen LogP contribution in [0.3, 0.4) is 0 Å². The van der Waals surface area contributed by atoms with E-state index < -0.39 is 0 Å². The minimum Gasteiger partial charge on any atom is -0.422 e. The van der Waals surface area contributed by atoms with Crippen LogP contribution in [0.4, 0.5) is 0 Å². The van der Waals surface area contributed by atoms with Gasteiger partial charge in [0.05, 0.1) is 22.9 Å². The number of fused-ring (bicyclic) bond motifs is 1. The number of ether oxygens (including phenoxy) is 1. The molecule has 0 saturated carbocycles. The number of nitrogens with two attached hydrogens (primary N) is 1. The fraction of sp³-hybridized carbons (Fsp3) is 0.217. The minimum atomic E-state index is -0.293. The Balaban J connectivity index is 1.91. The Bertz CT molecular complexity index is 1100. The number of hydrogen-bond acceptors (Lipinski definition) is 4. The van der Waals surface area contributed by atoms with Gasteiger partial charge < -0.3 is 10.5 Å². The number of rotatable bonds is 3. The van der Waals surface area contributed by atoms with Gasteiger partial charge in [0, 0.05) is 0 Å². The molecule has 0 bridgehead atoms. The van der Waals surface area contributed by atoms with E-state index in [2.05, 4.69) is 37.3 Å². The van der Waals surface area contributed by atoms with E-state index in [1.807, 2.05) is 38.1 Å². The monoisotopic (exact) mass is 370 g/mol. The Labute approximate surface area is 164 Å². The van der Waals surface area contributed by atoms with Crippen molar-refractivity contribution in [3.63, 3.8) is 0 Å². The van der Waals surface area contributed by atoms with E-state index in [1.54, 1.807) is 4.68 Å². The summed E-state index contributed by atoms with van der Waals surface area (Å²) in [5, 5.41) is 14.5. The molecule has 2 heterocycles. The third kappa shape index (κ3) is 2.84. The van der Waals surface area contributed by atoms with Crippen LogP contribution in [-0.2, 0) is 6.42 Å². The van der Waals surface area contributed by atoms with Crippen LogP contribution in [0, 0.1) is 25.2 Å². The van der Waals surface area contributed by atoms with Crippen molar-refractivity contribution in [3.05, 3.63) is 87.9 Å². The third-order valence-electron chi connectivity index (χ3n) is 5.23. The zero-order valence-electron chi connectivity index (χ0n) is 16.2. The molecule has 0 fully saturated rings. The number of aromatic nitrogens is 2. The Hall–Kier alpha value is -3.52. The van der Waals surface area contributed by atoms with Crippen molar-refractivity contribution >= 4 is 0 Å². The highest BCUT2D eigenvalue weighted by Crippen LogP contribution is 2.44. The predicted molar refractivity (Wildman–Crippen MR) is 108 cm³/mol. The largest absolute Gasteiger partial charge is 0.422 e. The van der Waals surface area contributed by atoms with Crippen LogP contribution in [-0.4, -0.2) is 9.78 Å². The highest BCUT2D eigenvalue weighted by atomic mass is 16.5. The van der Waals surface area contributed by atoms with Crippen molar-refractivity contribution < 1.29 is 4.74 Å². The van der Waals surface area contributed by atoms with Crippen molar-refractivity contribution in [2.45, 2.75) is 33.1 Å². The van der Waals surface area contributed by atoms with Crippen molar-refractivity contribution in [2.75, 3.05) is 0 Å². The van der Waals surface area contributed by atoms with E-state index in [4.69, 9.17) is 15.6 Å². The van der Waals surface area contributed by atoms with Crippen LogP contribution in [0.1, 0.15) is 40.8 Å². The molecule has 5 nitrogen and oxygen atoms in total. The summed E-state index contributed by atoms with van der Waals surface area (Å²) in [5.74, 6) is 0.411. The lowest BCUT2D eigenvalue weighted by Gasteiger charge is -2.25. The molecule has 1 aliphatic heterocycles. The molecule has 0 amide bonds. The van der Waals surface area contributed by atoms with Gasteiger partial charge in [-0.05, 0) is 43.5 Å². The van der Waals surface area contributed by atoms with E-state index in [0.717, 1.165) is 28.9 Å². The number of nitriles is 1. The Kier molecular flexibility index (Phi) is 4.40. The molecule has 2 N–H and O–H groups in total. The van der Waals surface area contributed by atoms with Gasteiger partial charge in [0.1, 0.15) is 11.6 Å². The van der Waals surface area contributed by atoms with Gasteiger partial charge >= 0.3 is 0 Å². The number of allylic oxidation sites excluding steroid dienone is 1. The van der Waals surface area contributed by atoms with E-state index in [9.17, 15) is 5.26 Å². The fourth-order valence-electron chi connectivity index (χ4n) is 3.65. The first-order valence-corrected chi connectivity index (χ1v) is 9.36. The number of aryl methyl sites for hydroxylation is 3. The van der Waals surface area contributed by atoms with Crippen molar-refractivity contribution in [1.29, 1.82) is 5.26 Å². The SMILES string of the molecule is CCc1ccc([C@@H]2C(C#N)=C(N)Oc3c2c(C)nn3-c2ccc(C)cc2)cc1. The number of benzene rings is 2. The second kappa shape index (κ2) is 6.90. The lowest BCUT2D eigenvalue weighted by molar-refractivity contribution is 0.367. The Morgan fingerprint density at radius 2 is 1.79 bits per heavy atom. The van der Waals surface area contributed by atoms with Gasteiger partial charge in [0.2, 0.25) is 11.8 Å². The first kappa shape index (κ1) is 17.9. The molecule has 1 atom stereocenters. The topological polar surface area (TPSA) is 76.9 Å². The van der Waals surface area contributed by atoms with E-state index >= 15 is 0 Å². The molecule has 1 aliphatic rings. The summed E-state index contributed by atoms with van der Waals surface area (Å²) in [6.07, 6.45) is 0.965. The van der Waals surface area contributed by atoms with Gasteiger partial charge in [0.25, 0.3) is 0 Å². The third-order valence-corrected chi connectivity index (χ3v) is 5.23. The summed E-state index contributed by atoms with van der Waals surface area (Å²) in [6.45, 7) is 6.10. The highest BCUT2D eigenvalue weighted by Gasteiger charge is 2.36. The molecule has 0 unspecified atom stereocenters. The van der Waals surface area contributed by atoms with Gasteiger partial charge in [-0.3, -0.25) is 0 Å². The molecule has 0 spiro atoms. The maximum Gasteiger partial charge on any atom is 0.229 e. The van der Waals surface area contributed by atoms with Gasteiger partial charge in [-0.1, -0.05) is 48.9 Å². The smallest absolute Gasteiger partial charge is 0.229 e. The van der Waals surface area contributed by atoms with Crippen LogP contribution >= 0.6 is 0 Å². The normalized spacial score (nSPS) is 15.7. The van der Waals surface area contributed by atoms with Crippen molar-refractivity contribution in [2.24, 2.45) is 5.73 Å². The zero-order valence-corrected chi connectivity index (χ0v) is 16.2. The maximum atomic E-state index is 9.77. The van der Waals surface area contributed by atoms with E-state index in [0.29, 0.717) is 11.5 Å². The van der Waals surface area contributed by atoms with Gasteiger partial charge in [-0.2, -0.15) is 10.4 Å². The molecule has 0 radical (unpaired) electrons. The molecular weight excluding hydrogens is 348 g/mol. The van der Waals surface area contributed by atoms with E-state index in [1.165, 1.54) is 11.1 Å². The Morgan fingerprint density at radius 3 is 2.39 bits per heavy atom. The summed E-state index contributed by atoms with van der Waals surface area (Å²) < 4.78 is 7.67. The molecule has 2 aromatic carbocycles. The standard InChI is InChI=1S/C23H22N4O/c1-4-16-7-9-17(10-8-16)21-19(13-24)22(25)28-23-20(21)15(3)26-27(23)18-11-5-14(2)6-12-18/h5-12,21H,4,25H2,1-3H3/t21-/m1/s1. The molecule has 1 aromatic heterocycles. The molecule has 0 saturated heterocycles. The molecule has 140 valence electrons. The minimum absolute atomic E-state index is 0.132. The van der Waals surface area contributed by atoms with Gasteiger partial charge in [-0.15, -0.1) is 0 Å². The number of hydrogen-bond donors (Lipinski definition) is 1. The average molecular weight is 370 g/mol. The molecule has 4 rings (SSSR count). The van der Waals surface area contributed by atoms with Crippen LogP contribution in [0.2, 0.25) is 0 Å². The van der Waals surface area contributed by atoms with Gasteiger partial charge in [0.15, 0.2) is 0 Å². The quantitative estimate of drug-likeness (QED) is 0.747. The summed E-state index contributed by atoms with van der Waals surface area (Å²) in [6, 6.07) is 18.6. The van der Waals surface area contributed by atoms with E-state index in [-0.39, 0.29) is 11.8 Å². The van der Waals surface area contributed by atoms with Crippen LogP contribution in [0.15, 0.2) is 60.0 Å². The lowest BCUT2D eigenvalue weighted by atomic mass is 9.84. The molecular formula is C23H22N4O. The first-order valence-electron chi connectivity index (χ1n) is 9.36. The summed E-state index contributed by atoms with van der Waals surface area (Å²) in [5.41, 5.74) is 12.6. The molecule has 0 aliphatic carbocycles. The van der Waals surface area contributed by atoms with Crippen molar-refractivity contribution in [3.8, 4) is 17.6 Å². The summed E-state index contributed by atoms with van der Waals surface area (Å²) in [7, 11) is 0. The highest BCUT2D eigenvalue weighted by molar-refractivity contribution is 5.57. The summed E-state index contributed by atoms with van der Waals surface area (Å²) >= 11 is 0. The Morgan fingerprint density at radius 1 is 1.11 bits per heavy atom. The number of nitrogens with zero attached hydrogens (tertiary/aromatic N) is 3. The van der Waals surface area contributed by atoms with Crippen LogP contribution in [0.25, 0.3) is 5.69 Å². The zero-order chi connectivity index (χ0) is 19.8. The molecule has 28 heavy (non-hydrogen) atoms. The average Bonchev–Trinajstić information content (AvgIpc) is 3.03. The first-order chi connectivity index (χ1) is 13.5. The van der Waals surface area contributed by atoms with Crippen LogP contribution in [0.5, 0.6) is 5.88 Å². The fourth-order valence-corrected chi connectivity index (χ4v) is 3.65. The van der Waals surface area contributed by atoms with Gasteiger partial charge in [-0.25, -0.2) is 4.68 Å². The molecule has 3 aromatic rings. The predicted octanol–water partition coefficient (Wildman–Crippen LogP) is 4.27. The second-order valence-corrected chi connectivity index (χ2v) is 7.07. The lowest BCUT2D eigenvalue weighted by Crippen LogP contribution is -2.22. The second-order valence-electron chi connectivity index (χ2n) is 7.07. The summed E-state index contributed by atoms with van der Waals surface area (Å²) in [4.78, 5) is 0. The van der Waals surface area contributed by atoms with Crippen LogP contribution < -0.4 is 10.5 Å².